The predicted octanol–water partition coefficient (Wildman–Crippen LogP) is 3.95. The molecule has 2 aromatic rings. The van der Waals surface area contributed by atoms with Gasteiger partial charge in [0.2, 0.25) is 5.78 Å². The van der Waals surface area contributed by atoms with E-state index in [9.17, 15) is 4.79 Å². The zero-order valence-electron chi connectivity index (χ0n) is 11.5. The van der Waals surface area contributed by atoms with Gasteiger partial charge >= 0.3 is 0 Å². The van der Waals surface area contributed by atoms with Gasteiger partial charge < -0.3 is 4.42 Å². The number of benzene rings is 1. The highest BCUT2D eigenvalue weighted by molar-refractivity contribution is 6.08. The number of rotatable bonds is 6. The van der Waals surface area contributed by atoms with Crippen LogP contribution >= 0.6 is 0 Å². The van der Waals surface area contributed by atoms with Crippen molar-refractivity contribution in [2.24, 2.45) is 0 Å². The van der Waals surface area contributed by atoms with Gasteiger partial charge in [0, 0.05) is 12.0 Å². The van der Waals surface area contributed by atoms with Crippen LogP contribution < -0.4 is 0 Å². The summed E-state index contributed by atoms with van der Waals surface area (Å²) in [5.74, 6) is 1.22. The van der Waals surface area contributed by atoms with Gasteiger partial charge in [-0.2, -0.15) is 0 Å². The van der Waals surface area contributed by atoms with Crippen molar-refractivity contribution in [3.63, 3.8) is 0 Å². The molecular formula is C16H19NO2. The minimum atomic E-state index is -0.0661. The van der Waals surface area contributed by atoms with Gasteiger partial charge in [-0.15, -0.1) is 0 Å². The van der Waals surface area contributed by atoms with Crippen LogP contribution in [0.1, 0.15) is 53.9 Å². The topological polar surface area (TPSA) is 43.1 Å². The second kappa shape index (κ2) is 6.32. The summed E-state index contributed by atoms with van der Waals surface area (Å²) >= 11 is 0. The standard InChI is InChI=1S/C16H19NO2/c1-3-4-6-11-14-17-15(12(2)19-14)16(18)13-9-7-5-8-10-13/h5,7-10H,3-4,6,11H2,1-2H3. The highest BCUT2D eigenvalue weighted by Gasteiger charge is 2.18. The van der Waals surface area contributed by atoms with E-state index in [0.29, 0.717) is 22.9 Å². The molecule has 1 aromatic heterocycles. The first-order chi connectivity index (χ1) is 9.22. The van der Waals surface area contributed by atoms with E-state index >= 15 is 0 Å². The van der Waals surface area contributed by atoms with Gasteiger partial charge in [-0.05, 0) is 13.3 Å². The lowest BCUT2D eigenvalue weighted by Crippen LogP contribution is -2.03. The summed E-state index contributed by atoms with van der Waals surface area (Å²) in [4.78, 5) is 16.6. The highest BCUT2D eigenvalue weighted by atomic mass is 16.4. The van der Waals surface area contributed by atoms with Crippen LogP contribution in [0.15, 0.2) is 34.7 Å². The molecule has 19 heavy (non-hydrogen) atoms. The van der Waals surface area contributed by atoms with E-state index < -0.39 is 0 Å². The van der Waals surface area contributed by atoms with Crippen LogP contribution in [0.5, 0.6) is 0 Å². The van der Waals surface area contributed by atoms with Crippen LogP contribution in [0.3, 0.4) is 0 Å². The van der Waals surface area contributed by atoms with Crippen molar-refractivity contribution in [1.82, 2.24) is 4.98 Å². The number of aryl methyl sites for hydroxylation is 2. The zero-order valence-corrected chi connectivity index (χ0v) is 11.5. The maximum atomic E-state index is 12.3. The Morgan fingerprint density at radius 2 is 1.95 bits per heavy atom. The number of aromatic nitrogens is 1. The number of hydrogen-bond acceptors (Lipinski definition) is 3. The second-order valence-electron chi connectivity index (χ2n) is 4.66. The van der Waals surface area contributed by atoms with E-state index in [1.807, 2.05) is 18.2 Å². The Hall–Kier alpha value is -1.90. The number of hydrogen-bond donors (Lipinski definition) is 0. The molecule has 0 bridgehead atoms. The van der Waals surface area contributed by atoms with Crippen LogP contribution in [-0.4, -0.2) is 10.8 Å². The first-order valence-corrected chi connectivity index (χ1v) is 6.78. The summed E-state index contributed by atoms with van der Waals surface area (Å²) in [6.45, 7) is 3.96. The minimum Gasteiger partial charge on any atom is -0.445 e. The molecule has 0 atom stereocenters. The number of oxazole rings is 1. The van der Waals surface area contributed by atoms with Crippen LogP contribution in [0, 0.1) is 6.92 Å². The predicted molar refractivity (Wildman–Crippen MR) is 74.3 cm³/mol. The van der Waals surface area contributed by atoms with E-state index in [2.05, 4.69) is 11.9 Å². The van der Waals surface area contributed by atoms with Gasteiger partial charge in [0.05, 0.1) is 0 Å². The fraction of sp³-hybridized carbons (Fsp3) is 0.375. The number of nitrogens with zero attached hydrogens (tertiary/aromatic N) is 1. The van der Waals surface area contributed by atoms with Crippen molar-refractivity contribution in [3.8, 4) is 0 Å². The summed E-state index contributed by atoms with van der Waals surface area (Å²) in [6, 6.07) is 9.19. The third-order valence-electron chi connectivity index (χ3n) is 3.09. The van der Waals surface area contributed by atoms with Crippen molar-refractivity contribution >= 4 is 5.78 Å². The Morgan fingerprint density at radius 1 is 1.21 bits per heavy atom. The van der Waals surface area contributed by atoms with Crippen molar-refractivity contribution in [3.05, 3.63) is 53.2 Å². The van der Waals surface area contributed by atoms with Crippen molar-refractivity contribution in [2.45, 2.75) is 39.5 Å². The summed E-state index contributed by atoms with van der Waals surface area (Å²) in [5.41, 5.74) is 1.09. The zero-order chi connectivity index (χ0) is 13.7. The average molecular weight is 257 g/mol. The lowest BCUT2D eigenvalue weighted by atomic mass is 10.1. The molecule has 1 heterocycles. The molecule has 0 spiro atoms. The smallest absolute Gasteiger partial charge is 0.214 e. The summed E-state index contributed by atoms with van der Waals surface area (Å²) < 4.78 is 5.57. The van der Waals surface area contributed by atoms with Gasteiger partial charge in [0.25, 0.3) is 0 Å². The van der Waals surface area contributed by atoms with Crippen LogP contribution in [-0.2, 0) is 6.42 Å². The van der Waals surface area contributed by atoms with Gasteiger partial charge in [-0.1, -0.05) is 50.1 Å². The molecule has 0 fully saturated rings. The molecule has 100 valence electrons. The van der Waals surface area contributed by atoms with Crippen LogP contribution in [0.4, 0.5) is 0 Å². The Labute approximate surface area is 113 Å². The molecular weight excluding hydrogens is 238 g/mol. The maximum absolute atomic E-state index is 12.3. The minimum absolute atomic E-state index is 0.0661. The molecule has 0 unspecified atom stereocenters. The molecule has 3 nitrogen and oxygen atoms in total. The lowest BCUT2D eigenvalue weighted by Gasteiger charge is -1.96. The highest BCUT2D eigenvalue weighted by Crippen LogP contribution is 2.16. The van der Waals surface area contributed by atoms with E-state index in [0.717, 1.165) is 25.7 Å². The molecule has 1 aromatic carbocycles. The molecule has 0 aliphatic rings. The van der Waals surface area contributed by atoms with E-state index in [-0.39, 0.29) is 5.78 Å². The van der Waals surface area contributed by atoms with Gasteiger partial charge in [-0.3, -0.25) is 4.79 Å². The fourth-order valence-corrected chi connectivity index (χ4v) is 2.02. The Kier molecular flexibility index (Phi) is 4.50. The van der Waals surface area contributed by atoms with E-state index in [1.165, 1.54) is 0 Å². The Bertz CT molecular complexity index is 543. The number of ketones is 1. The number of carbonyl (C=O) groups excluding carboxylic acids is 1. The number of carbonyl (C=O) groups is 1. The van der Waals surface area contributed by atoms with E-state index in [1.54, 1.807) is 19.1 Å². The first-order valence-electron chi connectivity index (χ1n) is 6.78. The average Bonchev–Trinajstić information content (AvgIpc) is 2.80. The monoisotopic (exact) mass is 257 g/mol. The SMILES string of the molecule is CCCCCc1nc(C(=O)c2ccccc2)c(C)o1. The van der Waals surface area contributed by atoms with Crippen molar-refractivity contribution in [2.75, 3.05) is 0 Å². The molecule has 2 rings (SSSR count). The van der Waals surface area contributed by atoms with Crippen molar-refractivity contribution in [1.29, 1.82) is 0 Å². The fourth-order valence-electron chi connectivity index (χ4n) is 2.02. The second-order valence-corrected chi connectivity index (χ2v) is 4.66. The Morgan fingerprint density at radius 3 is 2.63 bits per heavy atom. The number of unbranched alkanes of at least 4 members (excludes halogenated alkanes) is 2. The van der Waals surface area contributed by atoms with E-state index in [4.69, 9.17) is 4.42 Å². The molecule has 0 radical (unpaired) electrons. The first kappa shape index (κ1) is 13.5. The maximum Gasteiger partial charge on any atom is 0.214 e. The molecule has 0 saturated heterocycles. The largest absolute Gasteiger partial charge is 0.445 e. The Balaban J connectivity index is 2.14. The molecule has 0 aliphatic heterocycles. The van der Waals surface area contributed by atoms with Crippen molar-refractivity contribution < 1.29 is 9.21 Å². The van der Waals surface area contributed by atoms with Gasteiger partial charge in [0.15, 0.2) is 11.6 Å². The third-order valence-corrected chi connectivity index (χ3v) is 3.09. The van der Waals surface area contributed by atoms with Crippen LogP contribution in [0.2, 0.25) is 0 Å². The summed E-state index contributed by atoms with van der Waals surface area (Å²) in [6.07, 6.45) is 4.17. The normalized spacial score (nSPS) is 10.6. The molecule has 3 heteroatoms. The van der Waals surface area contributed by atoms with Crippen LogP contribution in [0.25, 0.3) is 0 Å². The summed E-state index contributed by atoms with van der Waals surface area (Å²) in [5, 5.41) is 0. The molecule has 0 N–H and O–H groups in total. The molecule has 0 saturated carbocycles. The lowest BCUT2D eigenvalue weighted by molar-refractivity contribution is 0.103. The van der Waals surface area contributed by atoms with Gasteiger partial charge in [-0.25, -0.2) is 4.98 Å². The third kappa shape index (κ3) is 3.31. The molecule has 0 aliphatic carbocycles. The molecule has 0 amide bonds. The van der Waals surface area contributed by atoms with Gasteiger partial charge in [0.1, 0.15) is 5.76 Å². The quantitative estimate of drug-likeness (QED) is 0.581. The summed E-state index contributed by atoms with van der Waals surface area (Å²) in [7, 11) is 0.